The zero-order valence-electron chi connectivity index (χ0n) is 11.0. The molecule has 1 heterocycles. The van der Waals surface area contributed by atoms with Gasteiger partial charge in [-0.05, 0) is 25.5 Å². The van der Waals surface area contributed by atoms with Crippen LogP contribution in [0.3, 0.4) is 0 Å². The fourth-order valence-corrected chi connectivity index (χ4v) is 2.29. The molecule has 1 fully saturated rings. The molecule has 2 rings (SSSR count). The van der Waals surface area contributed by atoms with Crippen molar-refractivity contribution in [3.63, 3.8) is 0 Å². The summed E-state index contributed by atoms with van der Waals surface area (Å²) in [6.45, 7) is 0.911. The number of benzene rings is 1. The fraction of sp³-hybridized carbons (Fsp3) is 0.538. The summed E-state index contributed by atoms with van der Waals surface area (Å²) in [6, 6.07) is 4.35. The largest absolute Gasteiger partial charge is 0.573 e. The molecule has 1 aromatic carbocycles. The summed E-state index contributed by atoms with van der Waals surface area (Å²) in [7, 11) is 1.44. The third-order valence-corrected chi connectivity index (χ3v) is 3.12. The molecule has 0 aliphatic carbocycles. The Morgan fingerprint density at radius 2 is 2.00 bits per heavy atom. The number of ether oxygens (including phenoxy) is 2. The molecule has 1 atom stereocenters. The van der Waals surface area contributed by atoms with Crippen LogP contribution in [0.2, 0.25) is 0 Å². The topological polar surface area (TPSA) is 30.5 Å². The summed E-state index contributed by atoms with van der Waals surface area (Å²) in [4.78, 5) is 0. The second kappa shape index (κ2) is 7.04. The summed E-state index contributed by atoms with van der Waals surface area (Å²) in [6.07, 6.45) is -1.51. The van der Waals surface area contributed by atoms with Gasteiger partial charge >= 0.3 is 6.36 Å². The number of methoxy groups -OCH3 is 1. The maximum absolute atomic E-state index is 12.2. The lowest BCUT2D eigenvalue weighted by atomic mass is 9.96. The Bertz CT molecular complexity index is 434. The van der Waals surface area contributed by atoms with E-state index >= 15 is 0 Å². The monoisotopic (exact) mass is 311 g/mol. The molecule has 0 saturated carbocycles. The number of rotatable bonds is 3. The van der Waals surface area contributed by atoms with Crippen molar-refractivity contribution in [2.24, 2.45) is 0 Å². The Balaban J connectivity index is 0.00000200. The van der Waals surface area contributed by atoms with Crippen LogP contribution in [-0.4, -0.2) is 20.0 Å². The van der Waals surface area contributed by atoms with Gasteiger partial charge in [-0.1, -0.05) is 12.5 Å². The van der Waals surface area contributed by atoms with Crippen molar-refractivity contribution in [2.45, 2.75) is 31.7 Å². The van der Waals surface area contributed by atoms with Gasteiger partial charge in [-0.2, -0.15) is 0 Å². The van der Waals surface area contributed by atoms with Crippen LogP contribution in [0.5, 0.6) is 11.5 Å². The highest BCUT2D eigenvalue weighted by Gasteiger charge is 2.31. The first-order valence-corrected chi connectivity index (χ1v) is 6.16. The highest BCUT2D eigenvalue weighted by molar-refractivity contribution is 5.85. The molecule has 1 aliphatic heterocycles. The van der Waals surface area contributed by atoms with Crippen molar-refractivity contribution in [3.05, 3.63) is 23.8 Å². The Morgan fingerprint density at radius 3 is 2.55 bits per heavy atom. The Labute approximate surface area is 121 Å². The van der Waals surface area contributed by atoms with E-state index < -0.39 is 6.36 Å². The van der Waals surface area contributed by atoms with E-state index in [1.54, 1.807) is 6.07 Å². The molecule has 0 radical (unpaired) electrons. The first-order chi connectivity index (χ1) is 8.99. The number of halogens is 4. The average Bonchev–Trinajstić information content (AvgIpc) is 2.37. The van der Waals surface area contributed by atoms with Crippen molar-refractivity contribution in [1.29, 1.82) is 0 Å². The van der Waals surface area contributed by atoms with Crippen LogP contribution >= 0.6 is 12.4 Å². The summed E-state index contributed by atoms with van der Waals surface area (Å²) in [5.74, 6) is 0.157. The smallest absolute Gasteiger partial charge is 0.496 e. The van der Waals surface area contributed by atoms with Gasteiger partial charge in [-0.3, -0.25) is 0 Å². The maximum atomic E-state index is 12.2. The van der Waals surface area contributed by atoms with Crippen LogP contribution in [0.15, 0.2) is 18.2 Å². The van der Waals surface area contributed by atoms with E-state index in [0.29, 0.717) is 5.75 Å². The van der Waals surface area contributed by atoms with Gasteiger partial charge in [0.15, 0.2) is 0 Å². The first-order valence-electron chi connectivity index (χ1n) is 6.16. The maximum Gasteiger partial charge on any atom is 0.573 e. The third-order valence-electron chi connectivity index (χ3n) is 3.12. The molecule has 3 nitrogen and oxygen atoms in total. The molecule has 0 bridgehead atoms. The molecule has 0 aromatic heterocycles. The number of nitrogens with one attached hydrogen (secondary N) is 1. The van der Waals surface area contributed by atoms with Crippen LogP contribution in [0.1, 0.15) is 30.9 Å². The van der Waals surface area contributed by atoms with E-state index in [1.807, 2.05) is 0 Å². The second-order valence-electron chi connectivity index (χ2n) is 4.45. The highest BCUT2D eigenvalue weighted by Crippen LogP contribution is 2.34. The van der Waals surface area contributed by atoms with E-state index in [-0.39, 0.29) is 24.2 Å². The Hall–Kier alpha value is -1.14. The summed E-state index contributed by atoms with van der Waals surface area (Å²) in [5, 5.41) is 3.33. The molecule has 0 amide bonds. The first kappa shape index (κ1) is 16.9. The standard InChI is InChI=1S/C13H16F3NO2.ClH/c1-18-12-8-9(19-13(14,15)16)5-6-10(12)11-4-2-3-7-17-11;/h5-6,8,11,17H,2-4,7H2,1H3;1H/t11-;/m0./s1. The molecular weight excluding hydrogens is 295 g/mol. The minimum atomic E-state index is -4.68. The average molecular weight is 312 g/mol. The van der Waals surface area contributed by atoms with Gasteiger partial charge in [-0.15, -0.1) is 25.6 Å². The van der Waals surface area contributed by atoms with Gasteiger partial charge in [0.2, 0.25) is 0 Å². The molecule has 0 spiro atoms. The molecule has 1 saturated heterocycles. The fourth-order valence-electron chi connectivity index (χ4n) is 2.29. The van der Waals surface area contributed by atoms with Crippen molar-refractivity contribution in [2.75, 3.05) is 13.7 Å². The van der Waals surface area contributed by atoms with Crippen LogP contribution in [0.4, 0.5) is 13.2 Å². The zero-order chi connectivity index (χ0) is 13.9. The predicted molar refractivity (Wildman–Crippen MR) is 71.5 cm³/mol. The molecule has 1 aliphatic rings. The van der Waals surface area contributed by atoms with E-state index in [1.165, 1.54) is 19.2 Å². The quantitative estimate of drug-likeness (QED) is 0.920. The lowest BCUT2D eigenvalue weighted by Gasteiger charge is -2.25. The SMILES string of the molecule is COc1cc(OC(F)(F)F)ccc1[C@@H]1CCCCN1.Cl. The van der Waals surface area contributed by atoms with Crippen LogP contribution < -0.4 is 14.8 Å². The van der Waals surface area contributed by atoms with Crippen molar-refractivity contribution in [1.82, 2.24) is 5.32 Å². The minimum Gasteiger partial charge on any atom is -0.496 e. The molecular formula is C13H17ClF3NO2. The van der Waals surface area contributed by atoms with Crippen molar-refractivity contribution in [3.8, 4) is 11.5 Å². The van der Waals surface area contributed by atoms with Gasteiger partial charge in [0, 0.05) is 17.7 Å². The van der Waals surface area contributed by atoms with Gasteiger partial charge in [-0.25, -0.2) is 0 Å². The van der Waals surface area contributed by atoms with Crippen LogP contribution in [-0.2, 0) is 0 Å². The molecule has 0 unspecified atom stereocenters. The predicted octanol–water partition coefficient (Wildman–Crippen LogP) is 3.83. The van der Waals surface area contributed by atoms with E-state index in [9.17, 15) is 13.2 Å². The van der Waals surface area contributed by atoms with E-state index in [0.717, 1.165) is 31.4 Å². The normalized spacial score (nSPS) is 19.1. The molecule has 114 valence electrons. The number of hydrogen-bond acceptors (Lipinski definition) is 3. The summed E-state index contributed by atoms with van der Waals surface area (Å²) in [5.41, 5.74) is 0.872. The van der Waals surface area contributed by atoms with E-state index in [2.05, 4.69) is 10.1 Å². The molecule has 1 N–H and O–H groups in total. The number of alkyl halides is 3. The molecule has 1 aromatic rings. The number of hydrogen-bond donors (Lipinski definition) is 1. The highest BCUT2D eigenvalue weighted by atomic mass is 35.5. The zero-order valence-corrected chi connectivity index (χ0v) is 11.8. The van der Waals surface area contributed by atoms with Gasteiger partial charge in [0.1, 0.15) is 11.5 Å². The van der Waals surface area contributed by atoms with Gasteiger partial charge in [0.25, 0.3) is 0 Å². The van der Waals surface area contributed by atoms with Gasteiger partial charge in [0.05, 0.1) is 7.11 Å². The molecule has 7 heteroatoms. The third kappa shape index (κ3) is 4.45. The second-order valence-corrected chi connectivity index (χ2v) is 4.45. The molecule has 20 heavy (non-hydrogen) atoms. The van der Waals surface area contributed by atoms with Gasteiger partial charge < -0.3 is 14.8 Å². The summed E-state index contributed by atoms with van der Waals surface area (Å²) >= 11 is 0. The van der Waals surface area contributed by atoms with Crippen LogP contribution in [0, 0.1) is 0 Å². The number of piperidine rings is 1. The summed E-state index contributed by atoms with van der Waals surface area (Å²) < 4.78 is 45.5. The van der Waals surface area contributed by atoms with E-state index in [4.69, 9.17) is 4.74 Å². The Morgan fingerprint density at radius 1 is 1.25 bits per heavy atom. The van der Waals surface area contributed by atoms with Crippen LogP contribution in [0.25, 0.3) is 0 Å². The van der Waals surface area contributed by atoms with Crippen molar-refractivity contribution < 1.29 is 22.6 Å². The Kier molecular flexibility index (Phi) is 5.95. The lowest BCUT2D eigenvalue weighted by Crippen LogP contribution is -2.27. The minimum absolute atomic E-state index is 0. The lowest BCUT2D eigenvalue weighted by molar-refractivity contribution is -0.274. The van der Waals surface area contributed by atoms with Crippen molar-refractivity contribution >= 4 is 12.4 Å².